The minimum absolute atomic E-state index is 0.114. The SMILES string of the molecule is CCCCCC(CCC)CC1(OC(=O)C2CCCC(C(=O)O)C2)CCCCC1. The number of hydrogen-bond acceptors (Lipinski definition) is 3. The number of unbranched alkanes of at least 4 members (excludes halogenated alkanes) is 2. The van der Waals surface area contributed by atoms with Crippen LogP contribution in [0.15, 0.2) is 0 Å². The molecular formula is C24H42O4. The number of esters is 1. The van der Waals surface area contributed by atoms with Crippen molar-refractivity contribution in [1.82, 2.24) is 0 Å². The van der Waals surface area contributed by atoms with Gasteiger partial charge >= 0.3 is 11.9 Å². The maximum Gasteiger partial charge on any atom is 0.309 e. The summed E-state index contributed by atoms with van der Waals surface area (Å²) in [6.45, 7) is 4.49. The summed E-state index contributed by atoms with van der Waals surface area (Å²) in [5.74, 6) is -0.838. The molecule has 0 radical (unpaired) electrons. The van der Waals surface area contributed by atoms with Crippen LogP contribution in [0, 0.1) is 17.8 Å². The van der Waals surface area contributed by atoms with Gasteiger partial charge in [-0.25, -0.2) is 0 Å². The molecule has 28 heavy (non-hydrogen) atoms. The highest BCUT2D eigenvalue weighted by atomic mass is 16.6. The van der Waals surface area contributed by atoms with Gasteiger partial charge < -0.3 is 9.84 Å². The molecule has 2 rings (SSSR count). The van der Waals surface area contributed by atoms with Crippen LogP contribution >= 0.6 is 0 Å². The maximum atomic E-state index is 13.0. The first kappa shape index (κ1) is 23.2. The predicted molar refractivity (Wildman–Crippen MR) is 112 cm³/mol. The van der Waals surface area contributed by atoms with Crippen molar-refractivity contribution >= 4 is 11.9 Å². The number of rotatable bonds is 11. The second kappa shape index (κ2) is 11.8. The van der Waals surface area contributed by atoms with Crippen LogP contribution in [0.2, 0.25) is 0 Å². The molecular weight excluding hydrogens is 352 g/mol. The topological polar surface area (TPSA) is 63.6 Å². The highest BCUT2D eigenvalue weighted by molar-refractivity contribution is 5.76. The molecule has 0 spiro atoms. The molecule has 4 heteroatoms. The molecule has 0 saturated heterocycles. The Hall–Kier alpha value is -1.06. The van der Waals surface area contributed by atoms with E-state index in [1.165, 1.54) is 44.9 Å². The minimum atomic E-state index is -0.760. The van der Waals surface area contributed by atoms with E-state index in [1.54, 1.807) is 0 Å². The van der Waals surface area contributed by atoms with Gasteiger partial charge in [-0.15, -0.1) is 0 Å². The highest BCUT2D eigenvalue weighted by Gasteiger charge is 2.40. The van der Waals surface area contributed by atoms with Crippen LogP contribution in [-0.2, 0) is 14.3 Å². The zero-order valence-corrected chi connectivity index (χ0v) is 18.2. The first-order valence-corrected chi connectivity index (χ1v) is 12.0. The fraction of sp³-hybridized carbons (Fsp3) is 0.917. The Kier molecular flexibility index (Phi) is 9.81. The number of carbonyl (C=O) groups is 2. The van der Waals surface area contributed by atoms with Crippen LogP contribution < -0.4 is 0 Å². The molecule has 0 aromatic heterocycles. The zero-order chi connectivity index (χ0) is 20.4. The Labute approximate surface area is 171 Å². The summed E-state index contributed by atoms with van der Waals surface area (Å²) < 4.78 is 6.30. The van der Waals surface area contributed by atoms with Crippen molar-refractivity contribution in [3.63, 3.8) is 0 Å². The lowest BCUT2D eigenvalue weighted by molar-refractivity contribution is -0.173. The average Bonchev–Trinajstić information content (AvgIpc) is 2.69. The summed E-state index contributed by atoms with van der Waals surface area (Å²) in [6, 6.07) is 0. The summed E-state index contributed by atoms with van der Waals surface area (Å²) >= 11 is 0. The van der Waals surface area contributed by atoms with E-state index in [4.69, 9.17) is 4.74 Å². The van der Waals surface area contributed by atoms with Gasteiger partial charge in [-0.05, 0) is 57.3 Å². The second-order valence-corrected chi connectivity index (χ2v) is 9.42. The van der Waals surface area contributed by atoms with E-state index in [-0.39, 0.29) is 23.4 Å². The molecule has 3 atom stereocenters. The standard InChI is InChI=1S/C24H42O4/c1-3-5-7-12-19(11-4-2)18-24(15-8-6-9-16-24)28-23(27)21-14-10-13-20(17-21)22(25)26/h19-21H,3-18H2,1-2H3,(H,25,26). The lowest BCUT2D eigenvalue weighted by atomic mass is 9.75. The van der Waals surface area contributed by atoms with Crippen molar-refractivity contribution in [3.8, 4) is 0 Å². The summed E-state index contributed by atoms with van der Waals surface area (Å²) in [7, 11) is 0. The van der Waals surface area contributed by atoms with Crippen molar-refractivity contribution in [2.45, 2.75) is 122 Å². The number of aliphatic carboxylic acids is 1. The third-order valence-corrected chi connectivity index (χ3v) is 7.01. The van der Waals surface area contributed by atoms with Gasteiger partial charge in [-0.3, -0.25) is 9.59 Å². The van der Waals surface area contributed by atoms with Gasteiger partial charge in [-0.1, -0.05) is 65.2 Å². The zero-order valence-electron chi connectivity index (χ0n) is 18.2. The van der Waals surface area contributed by atoms with Crippen LogP contribution in [0.25, 0.3) is 0 Å². The Bertz CT molecular complexity index is 481. The van der Waals surface area contributed by atoms with Crippen LogP contribution in [0.1, 0.15) is 117 Å². The van der Waals surface area contributed by atoms with Crippen LogP contribution in [0.5, 0.6) is 0 Å². The highest BCUT2D eigenvalue weighted by Crippen LogP contribution is 2.41. The van der Waals surface area contributed by atoms with Gasteiger partial charge in [0.05, 0.1) is 11.8 Å². The molecule has 2 aliphatic rings. The summed E-state index contributed by atoms with van der Waals surface area (Å²) in [5, 5.41) is 9.34. The van der Waals surface area contributed by atoms with Gasteiger partial charge in [-0.2, -0.15) is 0 Å². The third-order valence-electron chi connectivity index (χ3n) is 7.01. The number of carbonyl (C=O) groups excluding carboxylic acids is 1. The number of carboxylic acid groups (broad SMARTS) is 1. The summed E-state index contributed by atoms with van der Waals surface area (Å²) in [4.78, 5) is 24.4. The molecule has 162 valence electrons. The molecule has 3 unspecified atom stereocenters. The van der Waals surface area contributed by atoms with Crippen LogP contribution in [-0.4, -0.2) is 22.6 Å². The largest absolute Gasteiger partial charge is 0.481 e. The van der Waals surface area contributed by atoms with Crippen LogP contribution in [0.4, 0.5) is 0 Å². The lowest BCUT2D eigenvalue weighted by Crippen LogP contribution is -2.42. The smallest absolute Gasteiger partial charge is 0.309 e. The fourth-order valence-electron chi connectivity index (χ4n) is 5.43. The van der Waals surface area contributed by atoms with Crippen molar-refractivity contribution in [3.05, 3.63) is 0 Å². The molecule has 0 amide bonds. The lowest BCUT2D eigenvalue weighted by Gasteiger charge is -2.41. The predicted octanol–water partition coefficient (Wildman–Crippen LogP) is 6.51. The molecule has 0 bridgehead atoms. The van der Waals surface area contributed by atoms with Gasteiger partial charge in [0.1, 0.15) is 5.60 Å². The molecule has 1 N–H and O–H groups in total. The molecule has 4 nitrogen and oxygen atoms in total. The Balaban J connectivity index is 2.02. The number of hydrogen-bond donors (Lipinski definition) is 1. The Morgan fingerprint density at radius 3 is 2.32 bits per heavy atom. The first-order chi connectivity index (χ1) is 13.5. The molecule has 2 fully saturated rings. The van der Waals surface area contributed by atoms with Gasteiger partial charge in [0.2, 0.25) is 0 Å². The van der Waals surface area contributed by atoms with Crippen molar-refractivity contribution in [2.24, 2.45) is 17.8 Å². The normalized spacial score (nSPS) is 25.8. The van der Waals surface area contributed by atoms with Crippen molar-refractivity contribution < 1.29 is 19.4 Å². The monoisotopic (exact) mass is 394 g/mol. The fourth-order valence-corrected chi connectivity index (χ4v) is 5.43. The molecule has 2 aliphatic carbocycles. The Morgan fingerprint density at radius 2 is 1.68 bits per heavy atom. The molecule has 0 heterocycles. The third kappa shape index (κ3) is 7.08. The van der Waals surface area contributed by atoms with E-state index in [0.29, 0.717) is 18.8 Å². The molecule has 2 saturated carbocycles. The first-order valence-electron chi connectivity index (χ1n) is 12.0. The molecule has 0 aromatic rings. The van der Waals surface area contributed by atoms with E-state index in [9.17, 15) is 14.7 Å². The summed E-state index contributed by atoms with van der Waals surface area (Å²) in [6.07, 6.45) is 16.7. The van der Waals surface area contributed by atoms with Gasteiger partial charge in [0, 0.05) is 0 Å². The Morgan fingerprint density at radius 1 is 0.964 bits per heavy atom. The van der Waals surface area contributed by atoms with E-state index in [1.807, 2.05) is 0 Å². The average molecular weight is 395 g/mol. The maximum absolute atomic E-state index is 13.0. The van der Waals surface area contributed by atoms with E-state index in [2.05, 4.69) is 13.8 Å². The second-order valence-electron chi connectivity index (χ2n) is 9.42. The summed E-state index contributed by atoms with van der Waals surface area (Å²) in [5.41, 5.74) is -0.294. The quantitative estimate of drug-likeness (QED) is 0.320. The van der Waals surface area contributed by atoms with E-state index >= 15 is 0 Å². The van der Waals surface area contributed by atoms with E-state index in [0.717, 1.165) is 44.9 Å². The van der Waals surface area contributed by atoms with Crippen molar-refractivity contribution in [1.29, 1.82) is 0 Å². The molecule has 0 aliphatic heterocycles. The molecule has 0 aromatic carbocycles. The van der Waals surface area contributed by atoms with Gasteiger partial charge in [0.15, 0.2) is 0 Å². The minimum Gasteiger partial charge on any atom is -0.481 e. The van der Waals surface area contributed by atoms with E-state index < -0.39 is 5.97 Å². The number of ether oxygens (including phenoxy) is 1. The van der Waals surface area contributed by atoms with Gasteiger partial charge in [0.25, 0.3) is 0 Å². The number of carboxylic acids is 1. The van der Waals surface area contributed by atoms with Crippen LogP contribution in [0.3, 0.4) is 0 Å². The van der Waals surface area contributed by atoms with Crippen molar-refractivity contribution in [2.75, 3.05) is 0 Å².